The molecule has 0 amide bonds. The highest BCUT2D eigenvalue weighted by Crippen LogP contribution is 2.16. The fourth-order valence-corrected chi connectivity index (χ4v) is 1.66. The summed E-state index contributed by atoms with van der Waals surface area (Å²) < 4.78 is 19.4. The molecular formula is C18H20O7. The highest BCUT2D eigenvalue weighted by atomic mass is 16.7. The lowest BCUT2D eigenvalue weighted by Crippen LogP contribution is -2.22. The number of carbonyl (C=O) groups is 3. The molecule has 134 valence electrons. The molecule has 1 aromatic carbocycles. The third-order valence-electron chi connectivity index (χ3n) is 2.94. The van der Waals surface area contributed by atoms with Crippen LogP contribution in [0.3, 0.4) is 0 Å². The van der Waals surface area contributed by atoms with E-state index in [2.05, 4.69) is 16.1 Å². The molecule has 0 aliphatic rings. The Balaban J connectivity index is 2.54. The fourth-order valence-electron chi connectivity index (χ4n) is 1.66. The predicted molar refractivity (Wildman–Crippen MR) is 89.4 cm³/mol. The van der Waals surface area contributed by atoms with Crippen LogP contribution in [0.1, 0.15) is 18.9 Å². The van der Waals surface area contributed by atoms with E-state index in [4.69, 9.17) is 9.47 Å². The van der Waals surface area contributed by atoms with Crippen molar-refractivity contribution in [3.8, 4) is 5.75 Å². The number of carbonyl (C=O) groups excluding carboxylic acids is 3. The van der Waals surface area contributed by atoms with Gasteiger partial charge in [0.05, 0.1) is 20.6 Å². The number of benzene rings is 1. The zero-order valence-corrected chi connectivity index (χ0v) is 14.3. The molecule has 1 rings (SSSR count). The van der Waals surface area contributed by atoms with E-state index in [0.29, 0.717) is 5.75 Å². The van der Waals surface area contributed by atoms with Gasteiger partial charge in [0.1, 0.15) is 5.75 Å². The molecule has 1 unspecified atom stereocenters. The summed E-state index contributed by atoms with van der Waals surface area (Å²) in [6.07, 6.45) is 1.77. The fraction of sp³-hybridized carbons (Fsp3) is 0.278. The van der Waals surface area contributed by atoms with Gasteiger partial charge in [-0.3, -0.25) is 4.79 Å². The van der Waals surface area contributed by atoms with E-state index in [-0.39, 0.29) is 12.0 Å². The summed E-state index contributed by atoms with van der Waals surface area (Å²) in [7, 11) is 2.52. The van der Waals surface area contributed by atoms with Crippen molar-refractivity contribution < 1.29 is 33.3 Å². The molecule has 7 nitrogen and oxygen atoms in total. The maximum absolute atomic E-state index is 11.8. The van der Waals surface area contributed by atoms with E-state index in [0.717, 1.165) is 5.56 Å². The summed E-state index contributed by atoms with van der Waals surface area (Å²) in [5, 5.41) is 0. The SMILES string of the molecule is C=C(CC(=O)OC)C(=O)OC(C)Oc1ccc(/C=C/C(=O)OC)cc1. The topological polar surface area (TPSA) is 88.1 Å². The van der Waals surface area contributed by atoms with Gasteiger partial charge in [0.2, 0.25) is 6.29 Å². The van der Waals surface area contributed by atoms with Gasteiger partial charge in [0.15, 0.2) is 0 Å². The summed E-state index contributed by atoms with van der Waals surface area (Å²) in [6.45, 7) is 5.02. The summed E-state index contributed by atoms with van der Waals surface area (Å²) in [6, 6.07) is 6.76. The molecule has 0 radical (unpaired) electrons. The third-order valence-corrected chi connectivity index (χ3v) is 2.94. The van der Waals surface area contributed by atoms with Crippen LogP contribution in [0.25, 0.3) is 6.08 Å². The number of ether oxygens (including phenoxy) is 4. The first-order chi connectivity index (χ1) is 11.8. The van der Waals surface area contributed by atoms with Crippen molar-refractivity contribution in [2.45, 2.75) is 19.6 Å². The van der Waals surface area contributed by atoms with E-state index in [1.165, 1.54) is 27.2 Å². The van der Waals surface area contributed by atoms with Gasteiger partial charge in [-0.2, -0.15) is 0 Å². The largest absolute Gasteiger partial charge is 0.469 e. The van der Waals surface area contributed by atoms with Crippen molar-refractivity contribution in [2.24, 2.45) is 0 Å². The summed E-state index contributed by atoms with van der Waals surface area (Å²) in [5.74, 6) is -1.30. The molecule has 0 saturated heterocycles. The second-order valence-electron chi connectivity index (χ2n) is 4.87. The van der Waals surface area contributed by atoms with Crippen molar-refractivity contribution in [3.63, 3.8) is 0 Å². The molecule has 0 fully saturated rings. The smallest absolute Gasteiger partial charge is 0.337 e. The number of rotatable bonds is 8. The first-order valence-electron chi connectivity index (χ1n) is 7.34. The Labute approximate surface area is 145 Å². The van der Waals surface area contributed by atoms with Crippen LogP contribution < -0.4 is 4.74 Å². The Morgan fingerprint density at radius 1 is 1.12 bits per heavy atom. The van der Waals surface area contributed by atoms with Crippen molar-refractivity contribution in [1.29, 1.82) is 0 Å². The highest BCUT2D eigenvalue weighted by Gasteiger charge is 2.17. The van der Waals surface area contributed by atoms with Crippen LogP contribution in [0, 0.1) is 0 Å². The minimum atomic E-state index is -0.877. The molecule has 7 heteroatoms. The molecule has 0 spiro atoms. The van der Waals surface area contributed by atoms with E-state index in [1.807, 2.05) is 0 Å². The zero-order valence-electron chi connectivity index (χ0n) is 14.3. The molecular weight excluding hydrogens is 328 g/mol. The Morgan fingerprint density at radius 2 is 1.76 bits per heavy atom. The third kappa shape index (κ3) is 7.34. The van der Waals surface area contributed by atoms with E-state index < -0.39 is 24.2 Å². The van der Waals surface area contributed by atoms with Crippen LogP contribution in [0.15, 0.2) is 42.5 Å². The van der Waals surface area contributed by atoms with Gasteiger partial charge >= 0.3 is 17.9 Å². The molecule has 0 bridgehead atoms. The van der Waals surface area contributed by atoms with Gasteiger partial charge in [-0.25, -0.2) is 9.59 Å². The van der Waals surface area contributed by atoms with Crippen molar-refractivity contribution in [1.82, 2.24) is 0 Å². The van der Waals surface area contributed by atoms with Gasteiger partial charge in [0, 0.05) is 18.6 Å². The van der Waals surface area contributed by atoms with Crippen molar-refractivity contribution in [3.05, 3.63) is 48.1 Å². The van der Waals surface area contributed by atoms with Crippen molar-refractivity contribution >= 4 is 24.0 Å². The Hall–Kier alpha value is -3.09. The van der Waals surface area contributed by atoms with Gasteiger partial charge < -0.3 is 18.9 Å². The van der Waals surface area contributed by atoms with Gasteiger partial charge in [-0.1, -0.05) is 18.7 Å². The summed E-state index contributed by atoms with van der Waals surface area (Å²) in [5.41, 5.74) is 0.749. The standard InChI is InChI=1S/C18H20O7/c1-12(11-17(20)23-4)18(21)25-13(2)24-15-8-5-14(6-9-15)7-10-16(19)22-3/h5-10,13H,1,11H2,2-4H3/b10-7+. The molecule has 1 aromatic rings. The average molecular weight is 348 g/mol. The van der Waals surface area contributed by atoms with E-state index in [9.17, 15) is 14.4 Å². The first kappa shape index (κ1) is 20.0. The van der Waals surface area contributed by atoms with Crippen LogP contribution in [0.4, 0.5) is 0 Å². The van der Waals surface area contributed by atoms with E-state index in [1.54, 1.807) is 30.3 Å². The second kappa shape index (κ2) is 9.92. The molecule has 0 aromatic heterocycles. The molecule has 0 N–H and O–H groups in total. The second-order valence-corrected chi connectivity index (χ2v) is 4.87. The van der Waals surface area contributed by atoms with Crippen LogP contribution in [0.2, 0.25) is 0 Å². The molecule has 0 heterocycles. The van der Waals surface area contributed by atoms with Crippen LogP contribution in [-0.2, 0) is 28.6 Å². The number of hydrogen-bond donors (Lipinski definition) is 0. The van der Waals surface area contributed by atoms with Crippen LogP contribution in [-0.4, -0.2) is 38.4 Å². The van der Waals surface area contributed by atoms with Gasteiger partial charge in [-0.05, 0) is 23.8 Å². The molecule has 0 aliphatic carbocycles. The lowest BCUT2D eigenvalue weighted by Gasteiger charge is -2.16. The van der Waals surface area contributed by atoms with Crippen LogP contribution in [0.5, 0.6) is 5.75 Å². The lowest BCUT2D eigenvalue weighted by atomic mass is 10.2. The van der Waals surface area contributed by atoms with Gasteiger partial charge in [-0.15, -0.1) is 0 Å². The zero-order chi connectivity index (χ0) is 18.8. The Bertz CT molecular complexity index is 659. The maximum Gasteiger partial charge on any atom is 0.337 e. The minimum absolute atomic E-state index is 0.0226. The quantitative estimate of drug-likeness (QED) is 0.308. The van der Waals surface area contributed by atoms with Crippen molar-refractivity contribution in [2.75, 3.05) is 14.2 Å². The molecule has 0 saturated carbocycles. The number of hydrogen-bond acceptors (Lipinski definition) is 7. The van der Waals surface area contributed by atoms with Crippen LogP contribution >= 0.6 is 0 Å². The first-order valence-corrected chi connectivity index (χ1v) is 7.34. The number of methoxy groups -OCH3 is 2. The summed E-state index contributed by atoms with van der Waals surface area (Å²) in [4.78, 5) is 33.9. The lowest BCUT2D eigenvalue weighted by molar-refractivity contribution is -0.157. The Kier molecular flexibility index (Phi) is 7.92. The average Bonchev–Trinajstić information content (AvgIpc) is 2.60. The highest BCUT2D eigenvalue weighted by molar-refractivity contribution is 5.93. The maximum atomic E-state index is 11.8. The molecule has 25 heavy (non-hydrogen) atoms. The summed E-state index contributed by atoms with van der Waals surface area (Å²) >= 11 is 0. The molecule has 1 atom stereocenters. The Morgan fingerprint density at radius 3 is 2.32 bits per heavy atom. The normalized spacial score (nSPS) is 11.5. The number of esters is 3. The van der Waals surface area contributed by atoms with Gasteiger partial charge in [0.25, 0.3) is 0 Å². The molecule has 0 aliphatic heterocycles. The predicted octanol–water partition coefficient (Wildman–Crippen LogP) is 2.26. The minimum Gasteiger partial charge on any atom is -0.469 e. The monoisotopic (exact) mass is 348 g/mol. The van der Waals surface area contributed by atoms with E-state index >= 15 is 0 Å².